The zero-order valence-electron chi connectivity index (χ0n) is 22.1. The summed E-state index contributed by atoms with van der Waals surface area (Å²) in [5, 5.41) is 2.76. The van der Waals surface area contributed by atoms with Gasteiger partial charge in [-0.3, -0.25) is 9.59 Å². The quantitative estimate of drug-likeness (QED) is 0.467. The van der Waals surface area contributed by atoms with Crippen LogP contribution >= 0.6 is 0 Å². The number of alkyl halides is 3. The molecule has 3 heterocycles. The minimum absolute atomic E-state index is 0.00672. The smallest absolute Gasteiger partial charge is 0.451 e. The fourth-order valence-corrected chi connectivity index (χ4v) is 4.77. The summed E-state index contributed by atoms with van der Waals surface area (Å²) in [5.74, 6) is -1.76. The van der Waals surface area contributed by atoms with Crippen molar-refractivity contribution >= 4 is 12.0 Å². The van der Waals surface area contributed by atoms with Crippen LogP contribution in [0.25, 0.3) is 0 Å². The van der Waals surface area contributed by atoms with Gasteiger partial charge in [0.2, 0.25) is 5.82 Å². The van der Waals surface area contributed by atoms with Gasteiger partial charge in [0.15, 0.2) is 0 Å². The van der Waals surface area contributed by atoms with Crippen LogP contribution in [0.3, 0.4) is 0 Å². The number of carbonyl (C=O) groups is 2. The van der Waals surface area contributed by atoms with Gasteiger partial charge < -0.3 is 19.5 Å². The third-order valence-electron chi connectivity index (χ3n) is 6.85. The average Bonchev–Trinajstić information content (AvgIpc) is 2.94. The standard InChI is InChI=1S/C28H30F3N5O4/c1-18(23-13-32-26(33-14-23)28(29,30)31)34-24(37)22-12-21(11-20-9-6-10-35(16-20)27(39)40-2)25(38)36(17-22)15-19-7-4-3-5-8-19/h3-5,7-8,12-14,17-18,20H,6,9-11,15-16H2,1-2H3,(H,34,37)/t18-,20?/m1/s1. The normalized spacial score (nSPS) is 16.3. The van der Waals surface area contributed by atoms with Crippen LogP contribution in [0.4, 0.5) is 18.0 Å². The molecule has 12 heteroatoms. The Kier molecular flexibility index (Phi) is 8.86. The van der Waals surface area contributed by atoms with Crippen molar-refractivity contribution in [3.63, 3.8) is 0 Å². The summed E-state index contributed by atoms with van der Waals surface area (Å²) in [7, 11) is 1.33. The molecule has 212 valence electrons. The minimum Gasteiger partial charge on any atom is -0.453 e. The molecule has 1 unspecified atom stereocenters. The number of ether oxygens (including phenoxy) is 1. The zero-order valence-corrected chi connectivity index (χ0v) is 22.1. The Bertz CT molecular complexity index is 1390. The number of pyridine rings is 1. The summed E-state index contributed by atoms with van der Waals surface area (Å²) in [4.78, 5) is 47.1. The number of halogens is 3. The number of rotatable bonds is 7. The van der Waals surface area contributed by atoms with E-state index < -0.39 is 30.0 Å². The van der Waals surface area contributed by atoms with Gasteiger partial charge in [0.1, 0.15) is 0 Å². The summed E-state index contributed by atoms with van der Waals surface area (Å²) < 4.78 is 44.8. The van der Waals surface area contributed by atoms with Gasteiger partial charge in [0.05, 0.1) is 25.3 Å². The molecule has 1 aliphatic rings. The predicted molar refractivity (Wildman–Crippen MR) is 140 cm³/mol. The van der Waals surface area contributed by atoms with E-state index in [1.54, 1.807) is 17.9 Å². The van der Waals surface area contributed by atoms with Crippen molar-refractivity contribution in [3.05, 3.63) is 93.4 Å². The lowest BCUT2D eigenvalue weighted by molar-refractivity contribution is -0.145. The highest BCUT2D eigenvalue weighted by molar-refractivity contribution is 5.94. The van der Waals surface area contributed by atoms with E-state index in [1.165, 1.54) is 17.9 Å². The number of methoxy groups -OCH3 is 1. The van der Waals surface area contributed by atoms with Crippen molar-refractivity contribution in [3.8, 4) is 0 Å². The number of benzene rings is 1. The molecule has 1 saturated heterocycles. The molecule has 0 radical (unpaired) electrons. The molecular formula is C28H30F3N5O4. The molecule has 1 aliphatic heterocycles. The van der Waals surface area contributed by atoms with Crippen LogP contribution < -0.4 is 10.9 Å². The molecule has 4 rings (SSSR count). The van der Waals surface area contributed by atoms with Gasteiger partial charge in [0, 0.05) is 42.8 Å². The Hall–Kier alpha value is -4.22. The highest BCUT2D eigenvalue weighted by Gasteiger charge is 2.34. The van der Waals surface area contributed by atoms with Crippen LogP contribution in [-0.4, -0.2) is 51.6 Å². The number of amides is 2. The minimum atomic E-state index is -4.67. The molecule has 2 aromatic heterocycles. The summed E-state index contributed by atoms with van der Waals surface area (Å²) in [6, 6.07) is 10.2. The third kappa shape index (κ3) is 7.04. The van der Waals surface area contributed by atoms with E-state index >= 15 is 0 Å². The summed E-state index contributed by atoms with van der Waals surface area (Å²) >= 11 is 0. The molecular weight excluding hydrogens is 527 g/mol. The van der Waals surface area contributed by atoms with Crippen molar-refractivity contribution in [1.29, 1.82) is 0 Å². The van der Waals surface area contributed by atoms with E-state index in [0.29, 0.717) is 30.6 Å². The molecule has 9 nitrogen and oxygen atoms in total. The predicted octanol–water partition coefficient (Wildman–Crippen LogP) is 4.22. The van der Waals surface area contributed by atoms with Crippen molar-refractivity contribution in [1.82, 2.24) is 24.8 Å². The second-order valence-corrected chi connectivity index (χ2v) is 9.83. The van der Waals surface area contributed by atoms with E-state index in [-0.39, 0.29) is 23.6 Å². The molecule has 0 spiro atoms. The van der Waals surface area contributed by atoms with E-state index in [1.807, 2.05) is 30.3 Å². The van der Waals surface area contributed by atoms with E-state index in [4.69, 9.17) is 4.74 Å². The van der Waals surface area contributed by atoms with Crippen LogP contribution in [0.1, 0.15) is 58.7 Å². The van der Waals surface area contributed by atoms with Crippen molar-refractivity contribution in [2.24, 2.45) is 5.92 Å². The maximum atomic E-state index is 13.5. The molecule has 40 heavy (non-hydrogen) atoms. The van der Waals surface area contributed by atoms with Crippen molar-refractivity contribution < 1.29 is 27.5 Å². The van der Waals surface area contributed by atoms with Crippen LogP contribution in [0.5, 0.6) is 0 Å². The Morgan fingerprint density at radius 3 is 2.52 bits per heavy atom. The Balaban J connectivity index is 1.59. The molecule has 0 saturated carbocycles. The maximum absolute atomic E-state index is 13.5. The molecule has 1 aromatic carbocycles. The lowest BCUT2D eigenvalue weighted by atomic mass is 9.91. The number of piperidine rings is 1. The van der Waals surface area contributed by atoms with Crippen molar-refractivity contribution in [2.45, 2.75) is 44.9 Å². The van der Waals surface area contributed by atoms with Gasteiger partial charge in [-0.1, -0.05) is 30.3 Å². The number of nitrogens with zero attached hydrogens (tertiary/aromatic N) is 4. The first-order chi connectivity index (χ1) is 19.0. The van der Waals surface area contributed by atoms with Gasteiger partial charge >= 0.3 is 12.3 Å². The average molecular weight is 558 g/mol. The topological polar surface area (TPSA) is 106 Å². The first-order valence-electron chi connectivity index (χ1n) is 12.9. The number of hydrogen-bond acceptors (Lipinski definition) is 6. The third-order valence-corrected chi connectivity index (χ3v) is 6.85. The fourth-order valence-electron chi connectivity index (χ4n) is 4.77. The SMILES string of the molecule is COC(=O)N1CCCC(Cc2cc(C(=O)N[C@H](C)c3cnc(C(F)(F)F)nc3)cn(Cc3ccccc3)c2=O)C1. The van der Waals surface area contributed by atoms with Gasteiger partial charge in [0.25, 0.3) is 11.5 Å². The largest absolute Gasteiger partial charge is 0.453 e. The van der Waals surface area contributed by atoms with E-state index in [9.17, 15) is 27.6 Å². The zero-order chi connectivity index (χ0) is 28.9. The monoisotopic (exact) mass is 557 g/mol. The second-order valence-electron chi connectivity index (χ2n) is 9.83. The molecule has 1 fully saturated rings. The van der Waals surface area contributed by atoms with Gasteiger partial charge in [-0.05, 0) is 43.7 Å². The lowest BCUT2D eigenvalue weighted by Crippen LogP contribution is -2.41. The summed E-state index contributed by atoms with van der Waals surface area (Å²) in [5.41, 5.74) is 1.60. The lowest BCUT2D eigenvalue weighted by Gasteiger charge is -2.31. The van der Waals surface area contributed by atoms with E-state index in [0.717, 1.165) is 30.8 Å². The van der Waals surface area contributed by atoms with E-state index in [2.05, 4.69) is 15.3 Å². The number of nitrogens with one attached hydrogen (secondary N) is 1. The Labute approximate surface area is 229 Å². The van der Waals surface area contributed by atoms with Crippen LogP contribution in [0, 0.1) is 5.92 Å². The first-order valence-corrected chi connectivity index (χ1v) is 12.9. The fraction of sp³-hybridized carbons (Fsp3) is 0.393. The van der Waals surface area contributed by atoms with Crippen LogP contribution in [-0.2, 0) is 23.9 Å². The second kappa shape index (κ2) is 12.3. The summed E-state index contributed by atoms with van der Waals surface area (Å²) in [6.45, 7) is 2.87. The number of aromatic nitrogens is 3. The summed E-state index contributed by atoms with van der Waals surface area (Å²) in [6.07, 6.45) is 0.395. The Morgan fingerprint density at radius 1 is 1.18 bits per heavy atom. The van der Waals surface area contributed by atoms with Crippen LogP contribution in [0.15, 0.2) is 59.8 Å². The van der Waals surface area contributed by atoms with Crippen molar-refractivity contribution in [2.75, 3.05) is 20.2 Å². The molecule has 2 amide bonds. The Morgan fingerprint density at radius 2 is 1.88 bits per heavy atom. The molecule has 0 bridgehead atoms. The molecule has 2 atom stereocenters. The molecule has 0 aliphatic carbocycles. The van der Waals surface area contributed by atoms with Gasteiger partial charge in [-0.2, -0.15) is 13.2 Å². The highest BCUT2D eigenvalue weighted by atomic mass is 19.4. The number of likely N-dealkylation sites (tertiary alicyclic amines) is 1. The maximum Gasteiger partial charge on any atom is 0.451 e. The molecule has 1 N–H and O–H groups in total. The van der Waals surface area contributed by atoms with Gasteiger partial charge in [-0.15, -0.1) is 0 Å². The molecule has 3 aromatic rings. The van der Waals surface area contributed by atoms with Gasteiger partial charge in [-0.25, -0.2) is 14.8 Å². The number of carbonyl (C=O) groups excluding carboxylic acids is 2. The highest BCUT2D eigenvalue weighted by Crippen LogP contribution is 2.26. The van der Waals surface area contributed by atoms with Crippen LogP contribution in [0.2, 0.25) is 0 Å². The first kappa shape index (κ1) is 28.8. The number of hydrogen-bond donors (Lipinski definition) is 1.